The van der Waals surface area contributed by atoms with Crippen LogP contribution in [0, 0.1) is 5.92 Å². The van der Waals surface area contributed by atoms with Crippen molar-refractivity contribution in [3.63, 3.8) is 0 Å². The molecule has 1 aliphatic rings. The van der Waals surface area contributed by atoms with Crippen molar-refractivity contribution < 1.29 is 4.74 Å². The molecule has 0 bridgehead atoms. The highest BCUT2D eigenvalue weighted by Gasteiger charge is 2.33. The van der Waals surface area contributed by atoms with E-state index in [9.17, 15) is 0 Å². The second-order valence-corrected chi connectivity index (χ2v) is 4.72. The lowest BCUT2D eigenvalue weighted by Gasteiger charge is -2.34. The lowest BCUT2D eigenvalue weighted by molar-refractivity contribution is 0.0876. The lowest BCUT2D eigenvalue weighted by Crippen LogP contribution is -2.47. The van der Waals surface area contributed by atoms with E-state index < -0.39 is 0 Å². The molecule has 2 atom stereocenters. The molecule has 0 radical (unpaired) electrons. The van der Waals surface area contributed by atoms with Gasteiger partial charge in [0.15, 0.2) is 0 Å². The van der Waals surface area contributed by atoms with Crippen molar-refractivity contribution in [1.82, 2.24) is 10.2 Å². The van der Waals surface area contributed by atoms with Crippen molar-refractivity contribution >= 4 is 0 Å². The first-order chi connectivity index (χ1) is 7.20. The van der Waals surface area contributed by atoms with Gasteiger partial charge < -0.3 is 10.1 Å². The van der Waals surface area contributed by atoms with E-state index in [0.29, 0.717) is 12.1 Å². The summed E-state index contributed by atoms with van der Waals surface area (Å²) in [4.78, 5) is 2.58. The Morgan fingerprint density at radius 3 is 2.53 bits per heavy atom. The Morgan fingerprint density at radius 2 is 2.07 bits per heavy atom. The molecule has 0 aliphatic heterocycles. The summed E-state index contributed by atoms with van der Waals surface area (Å²) in [5.74, 6) is 0.932. The van der Waals surface area contributed by atoms with Gasteiger partial charge in [-0.05, 0) is 39.7 Å². The van der Waals surface area contributed by atoms with Crippen LogP contribution in [0.2, 0.25) is 0 Å². The monoisotopic (exact) mass is 214 g/mol. The number of likely N-dealkylation sites (N-methyl/N-ethyl adjacent to an activating group) is 1. The third kappa shape index (κ3) is 4.09. The molecule has 1 fully saturated rings. The maximum atomic E-state index is 5.19. The molecule has 0 saturated heterocycles. The van der Waals surface area contributed by atoms with Crippen LogP contribution < -0.4 is 5.32 Å². The summed E-state index contributed by atoms with van der Waals surface area (Å²) in [6.45, 7) is 7.60. The molecule has 3 nitrogen and oxygen atoms in total. The minimum absolute atomic E-state index is 0.598. The van der Waals surface area contributed by atoms with E-state index in [1.807, 2.05) is 7.05 Å². The zero-order chi connectivity index (χ0) is 11.3. The summed E-state index contributed by atoms with van der Waals surface area (Å²) in [6.07, 6.45) is 2.83. The standard InChI is InChI=1S/C12H26N2O/c1-10(9-13-3)14(7-8-15-4)11(2)12-5-6-12/h10-13H,5-9H2,1-4H3. The first kappa shape index (κ1) is 12.9. The molecule has 1 rings (SSSR count). The fourth-order valence-electron chi connectivity index (χ4n) is 2.28. The molecule has 1 aliphatic carbocycles. The smallest absolute Gasteiger partial charge is 0.0589 e. The van der Waals surface area contributed by atoms with E-state index >= 15 is 0 Å². The zero-order valence-corrected chi connectivity index (χ0v) is 10.6. The molecular formula is C12H26N2O. The highest BCUT2D eigenvalue weighted by atomic mass is 16.5. The normalized spacial score (nSPS) is 20.6. The van der Waals surface area contributed by atoms with Crippen molar-refractivity contribution in [3.8, 4) is 0 Å². The van der Waals surface area contributed by atoms with Gasteiger partial charge in [-0.2, -0.15) is 0 Å². The molecule has 0 amide bonds. The van der Waals surface area contributed by atoms with Gasteiger partial charge in [0.25, 0.3) is 0 Å². The van der Waals surface area contributed by atoms with Crippen molar-refractivity contribution in [2.75, 3.05) is 33.9 Å². The summed E-state index contributed by atoms with van der Waals surface area (Å²) in [6, 6.07) is 1.31. The summed E-state index contributed by atoms with van der Waals surface area (Å²) >= 11 is 0. The molecule has 0 aromatic heterocycles. The maximum absolute atomic E-state index is 5.19. The molecule has 2 unspecified atom stereocenters. The van der Waals surface area contributed by atoms with E-state index in [4.69, 9.17) is 4.74 Å². The van der Waals surface area contributed by atoms with Crippen LogP contribution in [0.25, 0.3) is 0 Å². The van der Waals surface area contributed by atoms with Gasteiger partial charge in [-0.3, -0.25) is 4.90 Å². The number of ether oxygens (including phenoxy) is 1. The minimum atomic E-state index is 0.598. The first-order valence-electron chi connectivity index (χ1n) is 6.10. The maximum Gasteiger partial charge on any atom is 0.0589 e. The van der Waals surface area contributed by atoms with Gasteiger partial charge in [0.1, 0.15) is 0 Å². The number of nitrogens with zero attached hydrogens (tertiary/aromatic N) is 1. The van der Waals surface area contributed by atoms with Gasteiger partial charge in [0.05, 0.1) is 6.61 Å². The van der Waals surface area contributed by atoms with E-state index in [1.54, 1.807) is 7.11 Å². The zero-order valence-electron chi connectivity index (χ0n) is 10.6. The number of hydrogen-bond acceptors (Lipinski definition) is 3. The van der Waals surface area contributed by atoms with Crippen LogP contribution in [0.1, 0.15) is 26.7 Å². The summed E-state index contributed by atoms with van der Waals surface area (Å²) in [5, 5.41) is 3.26. The van der Waals surface area contributed by atoms with Crippen LogP contribution in [0.5, 0.6) is 0 Å². The van der Waals surface area contributed by atoms with Gasteiger partial charge in [-0.15, -0.1) is 0 Å². The van der Waals surface area contributed by atoms with Gasteiger partial charge in [-0.25, -0.2) is 0 Å². The van der Waals surface area contributed by atoms with E-state index in [0.717, 1.165) is 25.6 Å². The molecule has 0 heterocycles. The fourth-order valence-corrected chi connectivity index (χ4v) is 2.28. The van der Waals surface area contributed by atoms with Crippen LogP contribution in [0.4, 0.5) is 0 Å². The van der Waals surface area contributed by atoms with Gasteiger partial charge in [0, 0.05) is 32.3 Å². The van der Waals surface area contributed by atoms with Crippen LogP contribution in [-0.2, 0) is 4.74 Å². The van der Waals surface area contributed by atoms with Crippen molar-refractivity contribution in [2.45, 2.75) is 38.8 Å². The highest BCUT2D eigenvalue weighted by molar-refractivity contribution is 4.87. The van der Waals surface area contributed by atoms with Crippen molar-refractivity contribution in [1.29, 1.82) is 0 Å². The Bertz CT molecular complexity index is 171. The average molecular weight is 214 g/mol. The minimum Gasteiger partial charge on any atom is -0.383 e. The van der Waals surface area contributed by atoms with Gasteiger partial charge in [-0.1, -0.05) is 0 Å². The third-order valence-corrected chi connectivity index (χ3v) is 3.45. The number of methoxy groups -OCH3 is 1. The van der Waals surface area contributed by atoms with Crippen LogP contribution in [0.3, 0.4) is 0 Å². The van der Waals surface area contributed by atoms with Gasteiger partial charge in [0.2, 0.25) is 0 Å². The Hall–Kier alpha value is -0.120. The molecule has 15 heavy (non-hydrogen) atoms. The van der Waals surface area contributed by atoms with Crippen molar-refractivity contribution in [2.24, 2.45) is 5.92 Å². The molecule has 3 heteroatoms. The Labute approximate surface area is 94.2 Å². The van der Waals surface area contributed by atoms with Crippen LogP contribution >= 0.6 is 0 Å². The quantitative estimate of drug-likeness (QED) is 0.660. The predicted molar refractivity (Wildman–Crippen MR) is 64.2 cm³/mol. The number of hydrogen-bond donors (Lipinski definition) is 1. The van der Waals surface area contributed by atoms with E-state index in [2.05, 4.69) is 24.1 Å². The molecule has 1 N–H and O–H groups in total. The molecule has 1 saturated carbocycles. The predicted octanol–water partition coefficient (Wildman–Crippen LogP) is 1.34. The average Bonchev–Trinajstić information content (AvgIpc) is 3.01. The van der Waals surface area contributed by atoms with Crippen LogP contribution in [0.15, 0.2) is 0 Å². The summed E-state index contributed by atoms with van der Waals surface area (Å²) in [5.41, 5.74) is 0. The van der Waals surface area contributed by atoms with Crippen LogP contribution in [-0.4, -0.2) is 50.8 Å². The summed E-state index contributed by atoms with van der Waals surface area (Å²) < 4.78 is 5.19. The topological polar surface area (TPSA) is 24.5 Å². The SMILES string of the molecule is CNCC(C)N(CCOC)C(C)C1CC1. The van der Waals surface area contributed by atoms with E-state index in [-0.39, 0.29) is 0 Å². The first-order valence-corrected chi connectivity index (χ1v) is 6.10. The van der Waals surface area contributed by atoms with E-state index in [1.165, 1.54) is 12.8 Å². The number of rotatable bonds is 8. The molecule has 0 aromatic carbocycles. The molecular weight excluding hydrogens is 188 g/mol. The fraction of sp³-hybridized carbons (Fsp3) is 1.00. The molecule has 90 valence electrons. The van der Waals surface area contributed by atoms with Gasteiger partial charge >= 0.3 is 0 Å². The molecule has 0 spiro atoms. The third-order valence-electron chi connectivity index (χ3n) is 3.45. The Balaban J connectivity index is 2.42. The Kier molecular flexibility index (Phi) is 5.58. The highest BCUT2D eigenvalue weighted by Crippen LogP contribution is 2.35. The largest absolute Gasteiger partial charge is 0.383 e. The van der Waals surface area contributed by atoms with Crippen molar-refractivity contribution in [3.05, 3.63) is 0 Å². The molecule has 0 aromatic rings. The summed E-state index contributed by atoms with van der Waals surface area (Å²) in [7, 11) is 3.80. The second-order valence-electron chi connectivity index (χ2n) is 4.72. The lowest BCUT2D eigenvalue weighted by atomic mass is 10.1. The number of nitrogens with one attached hydrogen (secondary N) is 1. The second kappa shape index (κ2) is 6.46. The Morgan fingerprint density at radius 1 is 1.40 bits per heavy atom.